The van der Waals surface area contributed by atoms with Gasteiger partial charge in [0.15, 0.2) is 0 Å². The van der Waals surface area contributed by atoms with E-state index in [1.807, 2.05) is 37.3 Å². The maximum Gasteiger partial charge on any atom is 0.119 e. The van der Waals surface area contributed by atoms with Gasteiger partial charge < -0.3 is 14.9 Å². The lowest BCUT2D eigenvalue weighted by atomic mass is 10.1. The van der Waals surface area contributed by atoms with Crippen LogP contribution >= 0.6 is 0 Å². The predicted octanol–water partition coefficient (Wildman–Crippen LogP) is 2.09. The highest BCUT2D eigenvalue weighted by Gasteiger charge is 2.00. The molecule has 1 unspecified atom stereocenters. The molecule has 0 bridgehead atoms. The smallest absolute Gasteiger partial charge is 0.119 e. The molecule has 0 radical (unpaired) electrons. The Kier molecular flexibility index (Phi) is 6.37. The predicted molar refractivity (Wildman–Crippen MR) is 68.9 cm³/mol. The van der Waals surface area contributed by atoms with Gasteiger partial charge in [-0.15, -0.1) is 0 Å². The van der Waals surface area contributed by atoms with E-state index in [1.54, 1.807) is 6.08 Å². The van der Waals surface area contributed by atoms with Gasteiger partial charge in [-0.25, -0.2) is 0 Å². The van der Waals surface area contributed by atoms with Crippen LogP contribution in [0.2, 0.25) is 0 Å². The van der Waals surface area contributed by atoms with Gasteiger partial charge in [0.25, 0.3) is 0 Å². The summed E-state index contributed by atoms with van der Waals surface area (Å²) < 4.78 is 5.55. The maximum absolute atomic E-state index is 8.87. The van der Waals surface area contributed by atoms with Crippen molar-refractivity contribution in [1.29, 1.82) is 0 Å². The first-order chi connectivity index (χ1) is 8.26. The van der Waals surface area contributed by atoms with Crippen LogP contribution in [-0.2, 0) is 0 Å². The summed E-state index contributed by atoms with van der Waals surface area (Å²) in [7, 11) is 0. The molecule has 2 N–H and O–H groups in total. The van der Waals surface area contributed by atoms with Crippen LogP contribution < -0.4 is 4.74 Å². The van der Waals surface area contributed by atoms with E-state index in [0.717, 1.165) is 17.7 Å². The third-order valence-corrected chi connectivity index (χ3v) is 2.49. The van der Waals surface area contributed by atoms with Crippen LogP contribution in [0.1, 0.15) is 18.9 Å². The van der Waals surface area contributed by atoms with E-state index in [9.17, 15) is 0 Å². The highest BCUT2D eigenvalue weighted by molar-refractivity contribution is 5.50. The molecule has 3 heteroatoms. The largest absolute Gasteiger partial charge is 0.494 e. The highest BCUT2D eigenvalue weighted by atomic mass is 16.5. The molecule has 0 aliphatic heterocycles. The van der Waals surface area contributed by atoms with Crippen LogP contribution in [0, 0.1) is 5.92 Å². The molecule has 0 heterocycles. The zero-order valence-corrected chi connectivity index (χ0v) is 10.2. The lowest BCUT2D eigenvalue weighted by Crippen LogP contribution is -2.07. The fourth-order valence-corrected chi connectivity index (χ4v) is 1.33. The van der Waals surface area contributed by atoms with E-state index >= 15 is 0 Å². The van der Waals surface area contributed by atoms with Crippen molar-refractivity contribution in [3.8, 4) is 5.75 Å². The minimum atomic E-state index is 0.0529. The summed E-state index contributed by atoms with van der Waals surface area (Å²) in [4.78, 5) is 0. The number of hydrogen-bond acceptors (Lipinski definition) is 3. The lowest BCUT2D eigenvalue weighted by molar-refractivity contribution is 0.202. The molecular formula is C14H20O3. The van der Waals surface area contributed by atoms with Crippen molar-refractivity contribution in [2.45, 2.75) is 13.3 Å². The summed E-state index contributed by atoms with van der Waals surface area (Å²) >= 11 is 0. The van der Waals surface area contributed by atoms with Gasteiger partial charge in [0.2, 0.25) is 0 Å². The average molecular weight is 236 g/mol. The fraction of sp³-hybridized carbons (Fsp3) is 0.429. The second-order valence-electron chi connectivity index (χ2n) is 4.08. The van der Waals surface area contributed by atoms with Crippen molar-refractivity contribution >= 4 is 6.08 Å². The van der Waals surface area contributed by atoms with E-state index in [-0.39, 0.29) is 19.1 Å². The summed E-state index contributed by atoms with van der Waals surface area (Å²) in [5.41, 5.74) is 1.04. The Morgan fingerprint density at radius 1 is 1.24 bits per heavy atom. The summed E-state index contributed by atoms with van der Waals surface area (Å²) in [6.45, 7) is 2.87. The van der Waals surface area contributed by atoms with Gasteiger partial charge in [-0.05, 0) is 30.0 Å². The molecule has 3 nitrogen and oxygen atoms in total. The minimum Gasteiger partial charge on any atom is -0.494 e. The van der Waals surface area contributed by atoms with Gasteiger partial charge in [0, 0.05) is 6.61 Å². The number of benzene rings is 1. The molecule has 0 fully saturated rings. The molecular weight excluding hydrogens is 216 g/mol. The summed E-state index contributed by atoms with van der Waals surface area (Å²) in [5.74, 6) is 1.11. The topological polar surface area (TPSA) is 49.7 Å². The van der Waals surface area contributed by atoms with Crippen molar-refractivity contribution < 1.29 is 14.9 Å². The molecule has 0 saturated carbocycles. The van der Waals surface area contributed by atoms with Crippen molar-refractivity contribution in [3.05, 3.63) is 35.9 Å². The molecule has 0 saturated heterocycles. The van der Waals surface area contributed by atoms with E-state index in [4.69, 9.17) is 14.9 Å². The first-order valence-electron chi connectivity index (χ1n) is 5.87. The molecule has 0 aliphatic carbocycles. The molecule has 0 aromatic heterocycles. The first kappa shape index (κ1) is 13.7. The Morgan fingerprint density at radius 2 is 1.94 bits per heavy atom. The van der Waals surface area contributed by atoms with Crippen LogP contribution in [0.15, 0.2) is 30.3 Å². The quantitative estimate of drug-likeness (QED) is 0.762. The molecule has 0 amide bonds. The molecule has 1 aromatic carbocycles. The number of aliphatic hydroxyl groups is 2. The Hall–Kier alpha value is -1.32. The Balaban J connectivity index is 2.37. The number of aliphatic hydroxyl groups excluding tert-OH is 2. The number of ether oxygens (including phenoxy) is 1. The summed E-state index contributed by atoms with van der Waals surface area (Å²) in [6.07, 6.45) is 4.40. The van der Waals surface area contributed by atoms with Crippen LogP contribution in [0.3, 0.4) is 0 Å². The second-order valence-corrected chi connectivity index (χ2v) is 4.08. The number of hydrogen-bond donors (Lipinski definition) is 2. The lowest BCUT2D eigenvalue weighted by Gasteiger charge is -2.09. The van der Waals surface area contributed by atoms with E-state index in [1.165, 1.54) is 0 Å². The van der Waals surface area contributed by atoms with Gasteiger partial charge in [0.05, 0.1) is 13.2 Å². The van der Waals surface area contributed by atoms with Crippen LogP contribution in [-0.4, -0.2) is 30.0 Å². The van der Waals surface area contributed by atoms with Gasteiger partial charge >= 0.3 is 0 Å². The molecule has 1 atom stereocenters. The molecule has 94 valence electrons. The summed E-state index contributed by atoms with van der Waals surface area (Å²) in [5, 5.41) is 17.5. The molecule has 17 heavy (non-hydrogen) atoms. The minimum absolute atomic E-state index is 0.0529. The normalized spacial score (nSPS) is 12.9. The first-order valence-corrected chi connectivity index (χ1v) is 5.87. The highest BCUT2D eigenvalue weighted by Crippen LogP contribution is 2.14. The Bertz CT molecular complexity index is 330. The molecule has 0 spiro atoms. The third-order valence-electron chi connectivity index (χ3n) is 2.49. The monoisotopic (exact) mass is 236 g/mol. The van der Waals surface area contributed by atoms with Crippen LogP contribution in [0.25, 0.3) is 6.08 Å². The second kappa shape index (κ2) is 7.87. The van der Waals surface area contributed by atoms with Crippen molar-refractivity contribution in [2.75, 3.05) is 19.8 Å². The summed E-state index contributed by atoms with van der Waals surface area (Å²) in [6, 6.07) is 7.69. The van der Waals surface area contributed by atoms with Gasteiger partial charge in [-0.3, -0.25) is 0 Å². The zero-order valence-electron chi connectivity index (χ0n) is 10.2. The standard InChI is InChI=1S/C14H20O3/c1-12(11-16)8-10-17-14-6-4-13(5-7-14)3-2-9-15/h2-7,12,15-16H,8-11H2,1H3. The Labute approximate surface area is 102 Å². The van der Waals surface area contributed by atoms with E-state index in [2.05, 4.69) is 0 Å². The van der Waals surface area contributed by atoms with E-state index < -0.39 is 0 Å². The van der Waals surface area contributed by atoms with Gasteiger partial charge in [-0.2, -0.15) is 0 Å². The molecule has 1 aromatic rings. The van der Waals surface area contributed by atoms with Gasteiger partial charge in [-0.1, -0.05) is 31.2 Å². The average Bonchev–Trinajstić information content (AvgIpc) is 2.37. The van der Waals surface area contributed by atoms with Crippen molar-refractivity contribution in [2.24, 2.45) is 5.92 Å². The fourth-order valence-electron chi connectivity index (χ4n) is 1.33. The van der Waals surface area contributed by atoms with Crippen LogP contribution in [0.5, 0.6) is 5.75 Å². The molecule has 0 aliphatic rings. The Morgan fingerprint density at radius 3 is 2.53 bits per heavy atom. The van der Waals surface area contributed by atoms with E-state index in [0.29, 0.717) is 6.61 Å². The van der Waals surface area contributed by atoms with Crippen LogP contribution in [0.4, 0.5) is 0 Å². The zero-order chi connectivity index (χ0) is 12.5. The van der Waals surface area contributed by atoms with Crippen molar-refractivity contribution in [3.63, 3.8) is 0 Å². The molecule has 1 rings (SSSR count). The van der Waals surface area contributed by atoms with Crippen molar-refractivity contribution in [1.82, 2.24) is 0 Å². The maximum atomic E-state index is 8.87. The van der Waals surface area contributed by atoms with Gasteiger partial charge in [0.1, 0.15) is 5.75 Å². The third kappa shape index (κ3) is 5.52. The number of rotatable bonds is 7. The SMILES string of the molecule is CC(CO)CCOc1ccc(C=CCO)cc1.